The van der Waals surface area contributed by atoms with Crippen molar-refractivity contribution >= 4 is 17.5 Å². The van der Waals surface area contributed by atoms with Gasteiger partial charge in [-0.3, -0.25) is 9.59 Å². The van der Waals surface area contributed by atoms with Crippen LogP contribution in [0.5, 0.6) is 5.75 Å². The number of halogens is 1. The Kier molecular flexibility index (Phi) is 15.3. The van der Waals surface area contributed by atoms with Crippen LogP contribution in [0.15, 0.2) is 48.5 Å². The highest BCUT2D eigenvalue weighted by Crippen LogP contribution is 2.23. The fourth-order valence-corrected chi connectivity index (χ4v) is 5.78. The molecule has 40 heavy (non-hydrogen) atoms. The highest BCUT2D eigenvalue weighted by Gasteiger charge is 2.33. The first kappa shape index (κ1) is 33.8. The number of ether oxygens (including phenoxy) is 1. The number of nitrogens with zero attached hydrogens (tertiary/aromatic N) is 1. The SMILES string of the molecule is CCCCCCCCOc1ccccc1C(=O)Nc1ccc(C(=O)NC2CC[N+](CCC)(CCC)CC2)cc1.[Br-]. The van der Waals surface area contributed by atoms with E-state index < -0.39 is 0 Å². The lowest BCUT2D eigenvalue weighted by Gasteiger charge is -2.43. The van der Waals surface area contributed by atoms with E-state index in [9.17, 15) is 9.59 Å². The Labute approximate surface area is 252 Å². The topological polar surface area (TPSA) is 67.4 Å². The van der Waals surface area contributed by atoms with E-state index in [4.69, 9.17) is 4.74 Å². The third-order valence-corrected chi connectivity index (χ3v) is 7.93. The number of rotatable bonds is 16. The van der Waals surface area contributed by atoms with Crippen molar-refractivity contribution in [1.82, 2.24) is 5.32 Å². The number of unbranched alkanes of at least 4 members (excludes halogenated alkanes) is 5. The molecule has 1 fully saturated rings. The van der Waals surface area contributed by atoms with Crippen molar-refractivity contribution in [3.63, 3.8) is 0 Å². The smallest absolute Gasteiger partial charge is 0.259 e. The summed E-state index contributed by atoms with van der Waals surface area (Å²) in [5.41, 5.74) is 1.79. The van der Waals surface area contributed by atoms with Crippen molar-refractivity contribution in [2.24, 2.45) is 0 Å². The van der Waals surface area contributed by atoms with Crippen LogP contribution in [0.25, 0.3) is 0 Å². The lowest BCUT2D eigenvalue weighted by molar-refractivity contribution is -0.932. The van der Waals surface area contributed by atoms with Gasteiger partial charge in [0, 0.05) is 30.1 Å². The van der Waals surface area contributed by atoms with Gasteiger partial charge in [0.25, 0.3) is 11.8 Å². The van der Waals surface area contributed by atoms with Crippen LogP contribution >= 0.6 is 0 Å². The molecular weight excluding hydrogens is 566 g/mol. The summed E-state index contributed by atoms with van der Waals surface area (Å²) in [6.07, 6.45) is 11.6. The highest BCUT2D eigenvalue weighted by atomic mass is 79.9. The molecular formula is C33H50BrN3O3. The van der Waals surface area contributed by atoms with E-state index in [1.54, 1.807) is 30.3 Å². The number of amides is 2. The number of quaternary nitrogens is 1. The second-order valence-electron chi connectivity index (χ2n) is 11.1. The summed E-state index contributed by atoms with van der Waals surface area (Å²) < 4.78 is 7.15. The van der Waals surface area contributed by atoms with Gasteiger partial charge in [-0.15, -0.1) is 0 Å². The van der Waals surface area contributed by atoms with Crippen LogP contribution in [-0.4, -0.2) is 55.1 Å². The van der Waals surface area contributed by atoms with Gasteiger partial charge in [-0.25, -0.2) is 0 Å². The van der Waals surface area contributed by atoms with Gasteiger partial charge in [-0.05, 0) is 55.7 Å². The maximum atomic E-state index is 13.0. The van der Waals surface area contributed by atoms with Crippen molar-refractivity contribution in [2.45, 2.75) is 91.0 Å². The monoisotopic (exact) mass is 615 g/mol. The molecule has 1 saturated heterocycles. The van der Waals surface area contributed by atoms with Crippen LogP contribution in [-0.2, 0) is 0 Å². The Bertz CT molecular complexity index is 1010. The molecule has 0 radical (unpaired) electrons. The lowest BCUT2D eigenvalue weighted by Crippen LogP contribution is -3.00. The molecule has 0 unspecified atom stereocenters. The van der Waals surface area contributed by atoms with E-state index in [1.807, 2.05) is 18.2 Å². The number of nitrogens with one attached hydrogen (secondary N) is 2. The second-order valence-corrected chi connectivity index (χ2v) is 11.1. The molecule has 0 atom stereocenters. The average Bonchev–Trinajstić information content (AvgIpc) is 2.95. The molecule has 2 amide bonds. The van der Waals surface area contributed by atoms with E-state index in [0.29, 0.717) is 29.2 Å². The summed E-state index contributed by atoms with van der Waals surface area (Å²) in [5.74, 6) is 0.346. The molecule has 7 heteroatoms. The van der Waals surface area contributed by atoms with E-state index >= 15 is 0 Å². The molecule has 0 saturated carbocycles. The minimum atomic E-state index is -0.214. The van der Waals surface area contributed by atoms with Crippen LogP contribution in [0.4, 0.5) is 5.69 Å². The van der Waals surface area contributed by atoms with Crippen molar-refractivity contribution in [1.29, 1.82) is 0 Å². The minimum absolute atomic E-state index is 0. The Morgan fingerprint density at radius 2 is 1.43 bits per heavy atom. The summed E-state index contributed by atoms with van der Waals surface area (Å²) >= 11 is 0. The highest BCUT2D eigenvalue weighted by molar-refractivity contribution is 6.06. The van der Waals surface area contributed by atoms with Crippen LogP contribution in [0.2, 0.25) is 0 Å². The zero-order valence-corrected chi connectivity index (χ0v) is 26.4. The molecule has 0 aliphatic carbocycles. The van der Waals surface area contributed by atoms with Crippen LogP contribution in [0, 0.1) is 0 Å². The van der Waals surface area contributed by atoms with Gasteiger partial charge in [0.2, 0.25) is 0 Å². The number of para-hydroxylation sites is 1. The van der Waals surface area contributed by atoms with Gasteiger partial charge in [0.15, 0.2) is 0 Å². The van der Waals surface area contributed by atoms with E-state index in [2.05, 4.69) is 31.4 Å². The Hall–Kier alpha value is -2.38. The fraction of sp³-hybridized carbons (Fsp3) is 0.576. The molecule has 1 aliphatic heterocycles. The first-order valence-electron chi connectivity index (χ1n) is 15.3. The third kappa shape index (κ3) is 10.5. The molecule has 6 nitrogen and oxygen atoms in total. The van der Waals surface area contributed by atoms with E-state index in [1.165, 1.54) is 56.1 Å². The average molecular weight is 617 g/mol. The molecule has 2 N–H and O–H groups in total. The number of hydrogen-bond donors (Lipinski definition) is 2. The largest absolute Gasteiger partial charge is 1.00 e. The van der Waals surface area contributed by atoms with Gasteiger partial charge in [-0.2, -0.15) is 0 Å². The Morgan fingerprint density at radius 1 is 0.800 bits per heavy atom. The van der Waals surface area contributed by atoms with Crippen molar-refractivity contribution in [3.05, 3.63) is 59.7 Å². The normalized spacial score (nSPS) is 14.7. The van der Waals surface area contributed by atoms with Gasteiger partial charge in [0.05, 0.1) is 38.3 Å². The van der Waals surface area contributed by atoms with Gasteiger partial charge >= 0.3 is 0 Å². The zero-order chi connectivity index (χ0) is 27.9. The Balaban J connectivity index is 0.00000560. The van der Waals surface area contributed by atoms with Crippen LogP contribution in [0.3, 0.4) is 0 Å². The maximum Gasteiger partial charge on any atom is 0.259 e. The molecule has 2 aromatic rings. The van der Waals surface area contributed by atoms with Gasteiger partial charge in [-0.1, -0.05) is 65.0 Å². The fourth-order valence-electron chi connectivity index (χ4n) is 5.78. The number of anilines is 1. The molecule has 2 aromatic carbocycles. The lowest BCUT2D eigenvalue weighted by atomic mass is 10.0. The minimum Gasteiger partial charge on any atom is -1.00 e. The van der Waals surface area contributed by atoms with Crippen molar-refractivity contribution < 1.29 is 35.8 Å². The summed E-state index contributed by atoms with van der Waals surface area (Å²) in [6, 6.07) is 14.7. The predicted molar refractivity (Wildman–Crippen MR) is 161 cm³/mol. The third-order valence-electron chi connectivity index (χ3n) is 7.93. The molecule has 0 spiro atoms. The second kappa shape index (κ2) is 18.1. The van der Waals surface area contributed by atoms with Crippen molar-refractivity contribution in [3.8, 4) is 5.75 Å². The molecule has 3 rings (SSSR count). The van der Waals surface area contributed by atoms with Crippen LogP contribution < -0.4 is 32.4 Å². The zero-order valence-electron chi connectivity index (χ0n) is 24.9. The molecule has 0 aromatic heterocycles. The number of carbonyl (C=O) groups excluding carboxylic acids is 2. The summed E-state index contributed by atoms with van der Waals surface area (Å²) in [4.78, 5) is 25.9. The quantitative estimate of drug-likeness (QED) is 0.220. The standard InChI is InChI=1S/C33H49N3O3.BrH/c1-4-7-8-9-10-13-26-39-31-15-12-11-14-30(31)33(38)35-28-18-16-27(17-19-28)32(37)34-29-20-24-36(22-5-2,23-6-3)25-21-29;/h11-12,14-19,29H,4-10,13,20-26H2,1-3H3,(H-,34,35,37,38);1H. The predicted octanol–water partition coefficient (Wildman–Crippen LogP) is 4.21. The molecule has 0 bridgehead atoms. The van der Waals surface area contributed by atoms with Gasteiger partial charge in [0.1, 0.15) is 5.75 Å². The maximum absolute atomic E-state index is 13.0. The number of hydrogen-bond acceptors (Lipinski definition) is 3. The summed E-state index contributed by atoms with van der Waals surface area (Å²) in [7, 11) is 0. The number of piperidine rings is 1. The van der Waals surface area contributed by atoms with Crippen molar-refractivity contribution in [2.75, 3.05) is 38.1 Å². The Morgan fingerprint density at radius 3 is 2.08 bits per heavy atom. The number of likely N-dealkylation sites (tertiary alicyclic amines) is 1. The van der Waals surface area contributed by atoms with E-state index in [-0.39, 0.29) is 34.8 Å². The molecule has 222 valence electrons. The number of benzene rings is 2. The van der Waals surface area contributed by atoms with Crippen LogP contribution in [0.1, 0.15) is 106 Å². The molecule has 1 aliphatic rings. The van der Waals surface area contributed by atoms with Gasteiger partial charge < -0.3 is 36.8 Å². The summed E-state index contributed by atoms with van der Waals surface area (Å²) in [6.45, 7) is 12.1. The molecule has 1 heterocycles. The van der Waals surface area contributed by atoms with E-state index in [0.717, 1.165) is 38.8 Å². The number of carbonyl (C=O) groups is 2. The summed E-state index contributed by atoms with van der Waals surface area (Å²) in [5, 5.41) is 6.19. The first-order valence-corrected chi connectivity index (χ1v) is 15.3. The first-order chi connectivity index (χ1) is 19.0.